The van der Waals surface area contributed by atoms with Crippen LogP contribution < -0.4 is 11.1 Å². The number of aromatic nitrogens is 2. The number of aromatic amines is 1. The lowest BCUT2D eigenvalue weighted by Gasteiger charge is -2.09. The van der Waals surface area contributed by atoms with Crippen LogP contribution in [0.5, 0.6) is 0 Å². The quantitative estimate of drug-likeness (QED) is 0.578. The van der Waals surface area contributed by atoms with Crippen LogP contribution in [0.15, 0.2) is 48.7 Å². The van der Waals surface area contributed by atoms with Gasteiger partial charge in [0.05, 0.1) is 17.5 Å². The number of anilines is 2. The Bertz CT molecular complexity index is 894. The third-order valence-electron chi connectivity index (χ3n) is 3.54. The Morgan fingerprint density at radius 3 is 2.75 bits per heavy atom. The Morgan fingerprint density at radius 1 is 1.25 bits per heavy atom. The highest BCUT2D eigenvalue weighted by atomic mass is 79.9. The lowest BCUT2D eigenvalue weighted by atomic mass is 10.1. The summed E-state index contributed by atoms with van der Waals surface area (Å²) in [6.45, 7) is 0. The lowest BCUT2D eigenvalue weighted by Crippen LogP contribution is -2.13. The minimum atomic E-state index is -0.789. The van der Waals surface area contributed by atoms with Crippen LogP contribution in [0.2, 0.25) is 0 Å². The van der Waals surface area contributed by atoms with E-state index in [-0.39, 0.29) is 5.56 Å². The molecule has 0 aliphatic carbocycles. The Hall–Kier alpha value is -2.67. The first kappa shape index (κ1) is 16.2. The first-order chi connectivity index (χ1) is 11.6. The van der Waals surface area contributed by atoms with E-state index in [0.717, 1.165) is 22.5 Å². The summed E-state index contributed by atoms with van der Waals surface area (Å²) in [6, 6.07) is 11.9. The van der Waals surface area contributed by atoms with Crippen molar-refractivity contribution in [3.05, 3.63) is 65.6 Å². The first-order valence-corrected chi connectivity index (χ1v) is 8.25. The average Bonchev–Trinajstić information content (AvgIpc) is 3.03. The van der Waals surface area contributed by atoms with Gasteiger partial charge in [-0.1, -0.05) is 28.1 Å². The van der Waals surface area contributed by atoms with Crippen LogP contribution in [-0.2, 0) is 5.33 Å². The van der Waals surface area contributed by atoms with Gasteiger partial charge in [-0.15, -0.1) is 0 Å². The molecule has 1 heterocycles. The smallest absolute Gasteiger partial charge is 0.251 e. The molecule has 0 unspecified atom stereocenters. The van der Waals surface area contributed by atoms with Crippen molar-refractivity contribution in [1.82, 2.24) is 10.2 Å². The van der Waals surface area contributed by atoms with Gasteiger partial charge in [-0.05, 0) is 30.3 Å². The lowest BCUT2D eigenvalue weighted by molar-refractivity contribution is 0.0996. The second-order valence-corrected chi connectivity index (χ2v) is 5.73. The largest absolute Gasteiger partial charge is 0.366 e. The number of amides is 1. The van der Waals surface area contributed by atoms with E-state index < -0.39 is 11.7 Å². The summed E-state index contributed by atoms with van der Waals surface area (Å²) in [5, 5.41) is 10.8. The average molecular weight is 389 g/mol. The molecule has 122 valence electrons. The number of halogens is 2. The van der Waals surface area contributed by atoms with Crippen molar-refractivity contribution < 1.29 is 9.18 Å². The van der Waals surface area contributed by atoms with Gasteiger partial charge in [-0.2, -0.15) is 5.10 Å². The van der Waals surface area contributed by atoms with Gasteiger partial charge in [0.15, 0.2) is 0 Å². The number of nitrogens with one attached hydrogen (secondary N) is 2. The molecule has 3 rings (SSSR count). The molecule has 0 radical (unpaired) electrons. The number of nitrogens with two attached hydrogens (primary N) is 1. The van der Waals surface area contributed by atoms with Crippen LogP contribution in [0.3, 0.4) is 0 Å². The zero-order valence-electron chi connectivity index (χ0n) is 12.5. The normalized spacial score (nSPS) is 10.6. The van der Waals surface area contributed by atoms with Gasteiger partial charge in [0, 0.05) is 27.8 Å². The zero-order chi connectivity index (χ0) is 17.1. The minimum Gasteiger partial charge on any atom is -0.366 e. The number of primary amides is 1. The predicted molar refractivity (Wildman–Crippen MR) is 94.9 cm³/mol. The van der Waals surface area contributed by atoms with Gasteiger partial charge in [-0.25, -0.2) is 4.39 Å². The molecule has 0 fully saturated rings. The molecular weight excluding hydrogens is 375 g/mol. The molecule has 2 aromatic carbocycles. The third kappa shape index (κ3) is 3.30. The summed E-state index contributed by atoms with van der Waals surface area (Å²) in [5.41, 5.74) is 9.22. The van der Waals surface area contributed by atoms with Crippen molar-refractivity contribution in [1.29, 1.82) is 0 Å². The van der Waals surface area contributed by atoms with Crippen molar-refractivity contribution in [3.8, 4) is 11.3 Å². The number of nitrogens with zero attached hydrogens (tertiary/aromatic N) is 1. The van der Waals surface area contributed by atoms with Crippen LogP contribution in [0, 0.1) is 5.82 Å². The number of benzene rings is 2. The van der Waals surface area contributed by atoms with Crippen LogP contribution >= 0.6 is 15.9 Å². The number of hydrogen-bond acceptors (Lipinski definition) is 3. The fourth-order valence-corrected chi connectivity index (χ4v) is 2.80. The molecule has 1 amide bonds. The highest BCUT2D eigenvalue weighted by molar-refractivity contribution is 9.08. The summed E-state index contributed by atoms with van der Waals surface area (Å²) in [5.74, 6) is -1.44. The molecule has 1 aromatic heterocycles. The highest BCUT2D eigenvalue weighted by Crippen LogP contribution is 2.27. The van der Waals surface area contributed by atoms with E-state index in [1.54, 1.807) is 12.3 Å². The maximum absolute atomic E-state index is 13.8. The Kier molecular flexibility index (Phi) is 4.61. The maximum Gasteiger partial charge on any atom is 0.251 e. The molecule has 5 nitrogen and oxygen atoms in total. The van der Waals surface area contributed by atoms with E-state index >= 15 is 0 Å². The molecule has 0 spiro atoms. The van der Waals surface area contributed by atoms with Crippen LogP contribution in [0.25, 0.3) is 11.3 Å². The van der Waals surface area contributed by atoms with Gasteiger partial charge in [0.1, 0.15) is 5.82 Å². The topological polar surface area (TPSA) is 83.8 Å². The van der Waals surface area contributed by atoms with Gasteiger partial charge in [-0.3, -0.25) is 9.89 Å². The molecule has 0 atom stereocenters. The summed E-state index contributed by atoms with van der Waals surface area (Å²) < 4.78 is 13.8. The van der Waals surface area contributed by atoms with E-state index in [1.165, 1.54) is 12.1 Å². The summed E-state index contributed by atoms with van der Waals surface area (Å²) in [7, 11) is 0. The van der Waals surface area contributed by atoms with E-state index in [2.05, 4.69) is 31.4 Å². The summed E-state index contributed by atoms with van der Waals surface area (Å²) in [6.07, 6.45) is 1.77. The number of H-pyrrole nitrogens is 1. The molecule has 0 bridgehead atoms. The molecule has 4 N–H and O–H groups in total. The first-order valence-electron chi connectivity index (χ1n) is 7.13. The Balaban J connectivity index is 1.88. The van der Waals surface area contributed by atoms with E-state index in [9.17, 15) is 9.18 Å². The van der Waals surface area contributed by atoms with Gasteiger partial charge < -0.3 is 11.1 Å². The SMILES string of the molecule is NC(=O)c1ccc(Nc2cccc(-c3[nH]ncc3CBr)c2)cc1F. The fraction of sp³-hybridized carbons (Fsp3) is 0.0588. The van der Waals surface area contributed by atoms with E-state index in [4.69, 9.17) is 5.73 Å². The molecule has 0 saturated heterocycles. The van der Waals surface area contributed by atoms with Crippen molar-refractivity contribution in [2.75, 3.05) is 5.32 Å². The van der Waals surface area contributed by atoms with Crippen molar-refractivity contribution in [2.45, 2.75) is 5.33 Å². The maximum atomic E-state index is 13.8. The van der Waals surface area contributed by atoms with E-state index in [1.807, 2.05) is 24.3 Å². The second-order valence-electron chi connectivity index (χ2n) is 5.17. The zero-order valence-corrected chi connectivity index (χ0v) is 14.1. The molecule has 7 heteroatoms. The molecule has 0 aliphatic rings. The number of carbonyl (C=O) groups excluding carboxylic acids is 1. The minimum absolute atomic E-state index is 0.131. The standard InChI is InChI=1S/C17H14BrFN4O/c18-8-11-9-21-23-16(11)10-2-1-3-12(6-10)22-13-4-5-14(17(20)24)15(19)7-13/h1-7,9,22H,8H2,(H2,20,24)(H,21,23). The van der Waals surface area contributed by atoms with Gasteiger partial charge >= 0.3 is 0 Å². The van der Waals surface area contributed by atoms with Crippen LogP contribution in [0.4, 0.5) is 15.8 Å². The summed E-state index contributed by atoms with van der Waals surface area (Å²) in [4.78, 5) is 11.1. The van der Waals surface area contributed by atoms with Crippen LogP contribution in [0.1, 0.15) is 15.9 Å². The molecule has 0 saturated carbocycles. The fourth-order valence-electron chi connectivity index (χ4n) is 2.37. The predicted octanol–water partition coefficient (Wildman–Crippen LogP) is 3.95. The van der Waals surface area contributed by atoms with Crippen LogP contribution in [-0.4, -0.2) is 16.1 Å². The summed E-state index contributed by atoms with van der Waals surface area (Å²) >= 11 is 3.43. The number of hydrogen-bond donors (Lipinski definition) is 3. The highest BCUT2D eigenvalue weighted by Gasteiger charge is 2.10. The second kappa shape index (κ2) is 6.84. The van der Waals surface area contributed by atoms with Gasteiger partial charge in [0.2, 0.25) is 0 Å². The van der Waals surface area contributed by atoms with Gasteiger partial charge in [0.25, 0.3) is 5.91 Å². The molecular formula is C17H14BrFN4O. The Labute approximate surface area is 146 Å². The van der Waals surface area contributed by atoms with Crippen molar-refractivity contribution >= 4 is 33.2 Å². The Morgan fingerprint density at radius 2 is 2.04 bits per heavy atom. The number of carbonyl (C=O) groups is 1. The molecule has 3 aromatic rings. The van der Waals surface area contributed by atoms with Crippen molar-refractivity contribution in [3.63, 3.8) is 0 Å². The van der Waals surface area contributed by atoms with E-state index in [0.29, 0.717) is 11.0 Å². The third-order valence-corrected chi connectivity index (χ3v) is 4.14. The number of rotatable bonds is 5. The molecule has 0 aliphatic heterocycles. The van der Waals surface area contributed by atoms with Crippen molar-refractivity contribution in [2.24, 2.45) is 5.73 Å². The monoisotopic (exact) mass is 388 g/mol. The molecule has 24 heavy (non-hydrogen) atoms. The number of alkyl halides is 1.